The van der Waals surface area contributed by atoms with Crippen LogP contribution >= 0.6 is 0 Å². The molecule has 5 heteroatoms. The van der Waals surface area contributed by atoms with Crippen LogP contribution in [0.5, 0.6) is 11.6 Å². The Labute approximate surface area is 129 Å². The highest BCUT2D eigenvalue weighted by atomic mass is 19.1. The first-order chi connectivity index (χ1) is 10.5. The average Bonchev–Trinajstić information content (AvgIpc) is 2.52. The van der Waals surface area contributed by atoms with Gasteiger partial charge in [0.05, 0.1) is 31.6 Å². The molecule has 1 aliphatic rings. The van der Waals surface area contributed by atoms with Crippen molar-refractivity contribution >= 4 is 5.69 Å². The van der Waals surface area contributed by atoms with Crippen LogP contribution in [0.3, 0.4) is 0 Å². The van der Waals surface area contributed by atoms with E-state index in [9.17, 15) is 4.39 Å². The summed E-state index contributed by atoms with van der Waals surface area (Å²) in [5.41, 5.74) is 0.668. The molecule has 0 saturated carbocycles. The summed E-state index contributed by atoms with van der Waals surface area (Å²) in [5, 5.41) is 0. The Bertz CT molecular complexity index is 662. The lowest BCUT2D eigenvalue weighted by atomic mass is 9.85. The third-order valence-electron chi connectivity index (χ3n) is 4.24. The van der Waals surface area contributed by atoms with E-state index in [1.54, 1.807) is 25.4 Å². The van der Waals surface area contributed by atoms with Crippen LogP contribution in [-0.4, -0.2) is 30.3 Å². The second-order valence-corrected chi connectivity index (χ2v) is 5.73. The quantitative estimate of drug-likeness (QED) is 0.868. The van der Waals surface area contributed by atoms with Crippen LogP contribution in [0.15, 0.2) is 42.6 Å². The van der Waals surface area contributed by atoms with Crippen molar-refractivity contribution < 1.29 is 13.9 Å². The van der Waals surface area contributed by atoms with Crippen molar-refractivity contribution in [3.05, 3.63) is 48.4 Å². The van der Waals surface area contributed by atoms with Crippen molar-refractivity contribution in [1.82, 2.24) is 4.98 Å². The Morgan fingerprint density at radius 3 is 2.73 bits per heavy atom. The maximum Gasteiger partial charge on any atom is 0.213 e. The van der Waals surface area contributed by atoms with Gasteiger partial charge in [-0.2, -0.15) is 0 Å². The molecule has 2 unspecified atom stereocenters. The summed E-state index contributed by atoms with van der Waals surface area (Å²) < 4.78 is 24.3. The number of hydrogen-bond acceptors (Lipinski definition) is 4. The molecule has 0 aliphatic carbocycles. The fourth-order valence-corrected chi connectivity index (χ4v) is 2.72. The predicted molar refractivity (Wildman–Crippen MR) is 83.0 cm³/mol. The summed E-state index contributed by atoms with van der Waals surface area (Å²) in [5.74, 6) is 0.863. The minimum atomic E-state index is -0.353. The number of nitrogens with zero attached hydrogens (tertiary/aromatic N) is 2. The lowest BCUT2D eigenvalue weighted by Crippen LogP contribution is -2.70. The van der Waals surface area contributed by atoms with E-state index >= 15 is 0 Å². The van der Waals surface area contributed by atoms with Crippen molar-refractivity contribution in [3.8, 4) is 11.6 Å². The summed E-state index contributed by atoms with van der Waals surface area (Å²) in [6, 6.07) is 10.2. The molecule has 0 N–H and O–H groups in total. The fourth-order valence-electron chi connectivity index (χ4n) is 2.72. The first kappa shape index (κ1) is 14.6. The van der Waals surface area contributed by atoms with Gasteiger partial charge in [0.15, 0.2) is 0 Å². The summed E-state index contributed by atoms with van der Waals surface area (Å²) in [6.07, 6.45) is 1.79. The second-order valence-electron chi connectivity index (χ2n) is 5.73. The molecule has 4 nitrogen and oxygen atoms in total. The van der Waals surface area contributed by atoms with E-state index in [1.165, 1.54) is 12.1 Å². The molecule has 0 radical (unpaired) electrons. The van der Waals surface area contributed by atoms with Crippen molar-refractivity contribution in [2.45, 2.75) is 25.5 Å². The third kappa shape index (κ3) is 2.58. The molecule has 1 saturated heterocycles. The largest absolute Gasteiger partial charge is 0.483 e. The average molecular weight is 302 g/mol. The molecule has 2 atom stereocenters. The highest BCUT2D eigenvalue weighted by Gasteiger charge is 2.49. The highest BCUT2D eigenvalue weighted by molar-refractivity contribution is 5.51. The van der Waals surface area contributed by atoms with Crippen LogP contribution in [0.4, 0.5) is 10.1 Å². The Morgan fingerprint density at radius 1 is 1.32 bits per heavy atom. The smallest absolute Gasteiger partial charge is 0.213 e. The first-order valence-electron chi connectivity index (χ1n) is 7.23. The van der Waals surface area contributed by atoms with Crippen LogP contribution in [0, 0.1) is 5.82 Å². The number of anilines is 1. The van der Waals surface area contributed by atoms with Crippen molar-refractivity contribution in [3.63, 3.8) is 0 Å². The van der Waals surface area contributed by atoms with Gasteiger partial charge in [0, 0.05) is 12.1 Å². The van der Waals surface area contributed by atoms with E-state index in [0.717, 1.165) is 12.2 Å². The van der Waals surface area contributed by atoms with E-state index in [4.69, 9.17) is 9.47 Å². The van der Waals surface area contributed by atoms with Gasteiger partial charge in [-0.05, 0) is 32.0 Å². The summed E-state index contributed by atoms with van der Waals surface area (Å²) in [4.78, 5) is 6.42. The Kier molecular flexibility index (Phi) is 3.64. The zero-order chi connectivity index (χ0) is 15.7. The van der Waals surface area contributed by atoms with E-state index < -0.39 is 0 Å². The summed E-state index contributed by atoms with van der Waals surface area (Å²) in [6.45, 7) is 4.85. The number of benzene rings is 1. The van der Waals surface area contributed by atoms with E-state index in [-0.39, 0.29) is 17.5 Å². The number of methoxy groups -OCH3 is 1. The molecule has 1 fully saturated rings. The summed E-state index contributed by atoms with van der Waals surface area (Å²) >= 11 is 0. The van der Waals surface area contributed by atoms with Crippen LogP contribution in [0.25, 0.3) is 0 Å². The lowest BCUT2D eigenvalue weighted by molar-refractivity contribution is 0.0174. The van der Waals surface area contributed by atoms with Crippen molar-refractivity contribution in [2.75, 3.05) is 18.6 Å². The monoisotopic (exact) mass is 302 g/mol. The maximum atomic E-state index is 13.3. The molecule has 0 spiro atoms. The van der Waals surface area contributed by atoms with Crippen molar-refractivity contribution in [2.24, 2.45) is 0 Å². The zero-order valence-electron chi connectivity index (χ0n) is 12.9. The minimum absolute atomic E-state index is 0.158. The topological polar surface area (TPSA) is 34.6 Å². The Morgan fingerprint density at radius 2 is 2.14 bits per heavy atom. The van der Waals surface area contributed by atoms with E-state index in [2.05, 4.69) is 16.8 Å². The van der Waals surface area contributed by atoms with Gasteiger partial charge in [-0.25, -0.2) is 9.37 Å². The molecule has 1 aromatic carbocycles. The van der Waals surface area contributed by atoms with Gasteiger partial charge in [0.2, 0.25) is 5.88 Å². The van der Waals surface area contributed by atoms with E-state index in [1.807, 2.05) is 19.1 Å². The number of aromatic nitrogens is 1. The molecule has 0 amide bonds. The molecule has 22 heavy (non-hydrogen) atoms. The van der Waals surface area contributed by atoms with Crippen LogP contribution in [0.2, 0.25) is 0 Å². The number of ether oxygens (including phenoxy) is 2. The molecule has 116 valence electrons. The first-order valence-corrected chi connectivity index (χ1v) is 7.23. The molecule has 0 bridgehead atoms. The van der Waals surface area contributed by atoms with Crippen LogP contribution < -0.4 is 14.4 Å². The zero-order valence-corrected chi connectivity index (χ0v) is 12.9. The standard InChI is InChI=1S/C17H19FN2O2/c1-12-17(2,22-15-6-4-5-13(18)9-15)11-20(12)14-7-8-16(21-3)19-10-14/h4-10,12H,11H2,1-3H3. The maximum absolute atomic E-state index is 13.3. The molecule has 1 aromatic heterocycles. The van der Waals surface area contributed by atoms with Gasteiger partial charge in [0.25, 0.3) is 0 Å². The molecule has 2 heterocycles. The molecule has 2 aromatic rings. The van der Waals surface area contributed by atoms with Crippen LogP contribution in [0.1, 0.15) is 13.8 Å². The van der Waals surface area contributed by atoms with Gasteiger partial charge in [-0.15, -0.1) is 0 Å². The third-order valence-corrected chi connectivity index (χ3v) is 4.24. The number of halogens is 1. The number of pyridine rings is 1. The Hall–Kier alpha value is -2.30. The number of hydrogen-bond donors (Lipinski definition) is 0. The van der Waals surface area contributed by atoms with Gasteiger partial charge >= 0.3 is 0 Å². The molecular weight excluding hydrogens is 283 g/mol. The van der Waals surface area contributed by atoms with Crippen molar-refractivity contribution in [1.29, 1.82) is 0 Å². The molecule has 3 rings (SSSR count). The minimum Gasteiger partial charge on any atom is -0.483 e. The predicted octanol–water partition coefficient (Wildman–Crippen LogP) is 3.28. The fraction of sp³-hybridized carbons (Fsp3) is 0.353. The second kappa shape index (κ2) is 5.48. The number of rotatable bonds is 4. The Balaban J connectivity index is 1.70. The van der Waals surface area contributed by atoms with Gasteiger partial charge < -0.3 is 14.4 Å². The highest BCUT2D eigenvalue weighted by Crippen LogP contribution is 2.37. The normalized spacial score (nSPS) is 23.8. The van der Waals surface area contributed by atoms with Gasteiger partial charge in [-0.1, -0.05) is 6.07 Å². The van der Waals surface area contributed by atoms with E-state index in [0.29, 0.717) is 11.6 Å². The molecular formula is C17H19FN2O2. The SMILES string of the molecule is COc1ccc(N2CC(C)(Oc3cccc(F)c3)C2C)cn1. The van der Waals surface area contributed by atoms with Gasteiger partial charge in [0.1, 0.15) is 17.2 Å². The van der Waals surface area contributed by atoms with Crippen LogP contribution in [-0.2, 0) is 0 Å². The van der Waals surface area contributed by atoms with Gasteiger partial charge in [-0.3, -0.25) is 0 Å². The lowest BCUT2D eigenvalue weighted by Gasteiger charge is -2.54. The molecule has 1 aliphatic heterocycles. The summed E-state index contributed by atoms with van der Waals surface area (Å²) in [7, 11) is 1.60.